The summed E-state index contributed by atoms with van der Waals surface area (Å²) in [5.74, 6) is 0. The summed E-state index contributed by atoms with van der Waals surface area (Å²) in [4.78, 5) is 36.8. The fourth-order valence-electron chi connectivity index (χ4n) is 2.53. The van der Waals surface area contributed by atoms with Gasteiger partial charge < -0.3 is 24.7 Å². The number of aliphatic hydroxyl groups is 1. The van der Waals surface area contributed by atoms with Crippen molar-refractivity contribution in [2.24, 2.45) is 0 Å². The Morgan fingerprint density at radius 2 is 1.56 bits per heavy atom. The zero-order valence-electron chi connectivity index (χ0n) is 14.4. The SMILES string of the molecule is CCCCCCCCc1ccc[n+](CC(O)(P(=O)(O)O)P(=O)(O)O)c1. The van der Waals surface area contributed by atoms with Crippen molar-refractivity contribution < 1.29 is 38.4 Å². The third-order valence-corrected chi connectivity index (χ3v) is 7.78. The summed E-state index contributed by atoms with van der Waals surface area (Å²) in [5.41, 5.74) is 0.872. The highest BCUT2D eigenvalue weighted by Gasteiger charge is 2.62. The molecule has 0 unspecified atom stereocenters. The number of hydrogen-bond donors (Lipinski definition) is 5. The van der Waals surface area contributed by atoms with Gasteiger partial charge in [0.2, 0.25) is 6.54 Å². The maximum atomic E-state index is 11.4. The quantitative estimate of drug-likeness (QED) is 0.219. The van der Waals surface area contributed by atoms with Gasteiger partial charge in [0.05, 0.1) is 0 Å². The molecule has 0 fully saturated rings. The molecule has 0 saturated carbocycles. The molecule has 0 amide bonds. The fraction of sp³-hybridized carbons (Fsp3) is 0.667. The van der Waals surface area contributed by atoms with Crippen molar-refractivity contribution in [2.45, 2.75) is 63.5 Å². The highest BCUT2D eigenvalue weighted by molar-refractivity contribution is 7.72. The van der Waals surface area contributed by atoms with Crippen LogP contribution in [0.2, 0.25) is 0 Å². The third-order valence-electron chi connectivity index (χ3n) is 4.07. The van der Waals surface area contributed by atoms with Gasteiger partial charge in [-0.15, -0.1) is 0 Å². The van der Waals surface area contributed by atoms with E-state index in [1.54, 1.807) is 12.3 Å². The number of pyridine rings is 1. The molecule has 25 heavy (non-hydrogen) atoms. The molecule has 0 radical (unpaired) electrons. The highest BCUT2D eigenvalue weighted by atomic mass is 31.2. The van der Waals surface area contributed by atoms with Crippen LogP contribution in [-0.2, 0) is 22.1 Å². The molecule has 0 aliphatic carbocycles. The highest BCUT2D eigenvalue weighted by Crippen LogP contribution is 2.67. The maximum Gasteiger partial charge on any atom is 0.376 e. The van der Waals surface area contributed by atoms with Gasteiger partial charge in [-0.2, -0.15) is 0 Å². The monoisotopic (exact) mass is 396 g/mol. The van der Waals surface area contributed by atoms with E-state index in [2.05, 4.69) is 6.92 Å². The molecule has 0 spiro atoms. The molecular formula is C15H28NO7P2+. The van der Waals surface area contributed by atoms with E-state index in [0.717, 1.165) is 31.2 Å². The largest absolute Gasteiger partial charge is 0.376 e. The molecule has 0 aliphatic heterocycles. The number of nitrogens with zero attached hydrogens (tertiary/aromatic N) is 1. The number of hydrogen-bond acceptors (Lipinski definition) is 3. The van der Waals surface area contributed by atoms with Gasteiger partial charge in [0, 0.05) is 11.6 Å². The number of unbranched alkanes of at least 4 members (excludes halogenated alkanes) is 5. The lowest BCUT2D eigenvalue weighted by molar-refractivity contribution is -0.703. The second kappa shape index (κ2) is 9.38. The van der Waals surface area contributed by atoms with Crippen LogP contribution in [0.25, 0.3) is 0 Å². The van der Waals surface area contributed by atoms with Gasteiger partial charge in [-0.05, 0) is 18.9 Å². The topological polar surface area (TPSA) is 139 Å². The summed E-state index contributed by atoms with van der Waals surface area (Å²) < 4.78 is 24.0. The van der Waals surface area contributed by atoms with E-state index in [9.17, 15) is 33.8 Å². The Labute approximate surface area is 147 Å². The van der Waals surface area contributed by atoms with Crippen LogP contribution >= 0.6 is 15.2 Å². The lowest BCUT2D eigenvalue weighted by Gasteiger charge is -2.26. The first-order chi connectivity index (χ1) is 11.5. The van der Waals surface area contributed by atoms with E-state index in [1.165, 1.54) is 30.0 Å². The van der Waals surface area contributed by atoms with Crippen molar-refractivity contribution in [3.63, 3.8) is 0 Å². The van der Waals surface area contributed by atoms with Gasteiger partial charge in [0.1, 0.15) is 0 Å². The van der Waals surface area contributed by atoms with E-state index in [0.29, 0.717) is 0 Å². The molecular weight excluding hydrogens is 368 g/mol. The molecule has 1 aromatic heterocycles. The van der Waals surface area contributed by atoms with E-state index in [-0.39, 0.29) is 0 Å². The Hall–Kier alpha value is -0.590. The predicted molar refractivity (Wildman–Crippen MR) is 92.8 cm³/mol. The molecule has 144 valence electrons. The minimum Gasteiger partial charge on any atom is -0.363 e. The number of rotatable bonds is 11. The van der Waals surface area contributed by atoms with E-state index >= 15 is 0 Å². The molecule has 8 nitrogen and oxygen atoms in total. The lowest BCUT2D eigenvalue weighted by Crippen LogP contribution is -2.47. The number of aryl methyl sites for hydroxylation is 1. The summed E-state index contributed by atoms with van der Waals surface area (Å²) in [6.07, 6.45) is 10.5. The van der Waals surface area contributed by atoms with E-state index in [4.69, 9.17) is 0 Å². The summed E-state index contributed by atoms with van der Waals surface area (Å²) in [6.45, 7) is 1.26. The first kappa shape index (κ1) is 22.5. The second-order valence-electron chi connectivity index (χ2n) is 6.26. The Morgan fingerprint density at radius 3 is 2.12 bits per heavy atom. The average Bonchev–Trinajstić information content (AvgIpc) is 2.49. The maximum absolute atomic E-state index is 11.4. The molecule has 0 bridgehead atoms. The van der Waals surface area contributed by atoms with Crippen molar-refractivity contribution in [3.05, 3.63) is 30.1 Å². The third kappa shape index (κ3) is 6.57. The average molecular weight is 396 g/mol. The molecule has 0 atom stereocenters. The molecule has 1 rings (SSSR count). The molecule has 1 aromatic rings. The normalized spacial score (nSPS) is 13.2. The summed E-state index contributed by atoms with van der Waals surface area (Å²) >= 11 is 0. The first-order valence-electron chi connectivity index (χ1n) is 8.33. The second-order valence-corrected chi connectivity index (χ2v) is 10.3. The zero-order valence-corrected chi connectivity index (χ0v) is 16.1. The van der Waals surface area contributed by atoms with Crippen LogP contribution < -0.4 is 4.57 Å². The predicted octanol–water partition coefficient (Wildman–Crippen LogP) is 1.88. The molecule has 1 heterocycles. The van der Waals surface area contributed by atoms with Crippen LogP contribution in [0.15, 0.2) is 24.5 Å². The lowest BCUT2D eigenvalue weighted by atomic mass is 10.1. The van der Waals surface area contributed by atoms with Crippen LogP contribution in [0.1, 0.15) is 51.0 Å². The van der Waals surface area contributed by atoms with Gasteiger partial charge in [0.25, 0.3) is 0 Å². The van der Waals surface area contributed by atoms with E-state index < -0.39 is 26.8 Å². The molecule has 5 N–H and O–H groups in total. The fourth-order valence-corrected chi connectivity index (χ4v) is 4.58. The summed E-state index contributed by atoms with van der Waals surface area (Å²) in [6, 6.07) is 3.45. The van der Waals surface area contributed by atoms with E-state index in [1.807, 2.05) is 6.07 Å². The minimum absolute atomic E-state index is 0.747. The Morgan fingerprint density at radius 1 is 1.00 bits per heavy atom. The van der Waals surface area contributed by atoms with Crippen molar-refractivity contribution in [1.29, 1.82) is 0 Å². The van der Waals surface area contributed by atoms with Crippen molar-refractivity contribution >= 4 is 15.2 Å². The Kier molecular flexibility index (Phi) is 8.42. The Bertz CT molecular complexity index is 619. The first-order valence-corrected chi connectivity index (χ1v) is 11.6. The van der Waals surface area contributed by atoms with Crippen LogP contribution in [0, 0.1) is 0 Å². The van der Waals surface area contributed by atoms with Crippen LogP contribution in [0.4, 0.5) is 0 Å². The van der Waals surface area contributed by atoms with Crippen LogP contribution in [0.3, 0.4) is 0 Å². The van der Waals surface area contributed by atoms with Crippen LogP contribution in [0.5, 0.6) is 0 Å². The Balaban J connectivity index is 2.77. The van der Waals surface area contributed by atoms with Crippen LogP contribution in [-0.4, -0.2) is 29.8 Å². The van der Waals surface area contributed by atoms with Crippen molar-refractivity contribution in [2.75, 3.05) is 0 Å². The molecule has 0 aromatic carbocycles. The summed E-state index contributed by atoms with van der Waals surface area (Å²) in [7, 11) is -10.9. The smallest absolute Gasteiger partial charge is 0.363 e. The molecule has 0 saturated heterocycles. The molecule has 10 heteroatoms. The van der Waals surface area contributed by atoms with Gasteiger partial charge >= 0.3 is 20.3 Å². The summed E-state index contributed by atoms with van der Waals surface area (Å²) in [5, 5.41) is 6.54. The van der Waals surface area contributed by atoms with Gasteiger partial charge in [-0.25, -0.2) is 4.57 Å². The zero-order chi connectivity index (χ0) is 19.1. The van der Waals surface area contributed by atoms with Gasteiger partial charge in [-0.1, -0.05) is 39.0 Å². The van der Waals surface area contributed by atoms with Crippen molar-refractivity contribution in [3.8, 4) is 0 Å². The van der Waals surface area contributed by atoms with Gasteiger partial charge in [-0.3, -0.25) is 9.13 Å². The molecule has 0 aliphatic rings. The van der Waals surface area contributed by atoms with Crippen molar-refractivity contribution in [1.82, 2.24) is 0 Å². The number of aromatic nitrogens is 1. The van der Waals surface area contributed by atoms with Gasteiger partial charge in [0.15, 0.2) is 12.4 Å². The minimum atomic E-state index is -5.46. The standard InChI is InChI=1S/C15H27NO7P2/c1-2-3-4-5-6-7-9-14-10-8-11-16(12-14)13-15(17,24(18,19)20)25(21,22)23/h8,10-12,17H,2-7,9,13H2,1H3,(H3-,18,19,20,21,22,23)/p+1.